The molecule has 1 aromatic carbocycles. The number of rotatable bonds is 8. The Morgan fingerprint density at radius 2 is 1.30 bits per heavy atom. The molecule has 1 aromatic rings. The van der Waals surface area contributed by atoms with Crippen LogP contribution in [0.15, 0.2) is 30.3 Å². The van der Waals surface area contributed by atoms with E-state index in [-0.39, 0.29) is 0 Å². The molecule has 3 unspecified atom stereocenters. The molecule has 202 valence electrons. The standard InChI is InChI=1S/C11H16N8O8.C8H10O2/c20-1-10(4(22)14-8(26)18-10)16-6(24)12-3-13-7(25)17-11(2-21)5(23)15-9(27)19-11;1-7(9)10-8-5-3-2-4-6-8/h20-21H,1-3H2,(H2,12,16,24)(H2,13,17,25)(H2,14,18,22,26)(H2,15,19,23,27);2-7,9H,1H3. The van der Waals surface area contributed by atoms with E-state index in [1.54, 1.807) is 19.1 Å². The van der Waals surface area contributed by atoms with Gasteiger partial charge >= 0.3 is 24.1 Å². The third kappa shape index (κ3) is 7.65. The first-order chi connectivity index (χ1) is 17.4. The molecule has 3 rings (SSSR count). The topological polar surface area (TPSA) is 269 Å². The van der Waals surface area contributed by atoms with Gasteiger partial charge in [0, 0.05) is 0 Å². The van der Waals surface area contributed by atoms with Crippen molar-refractivity contribution in [2.75, 3.05) is 19.9 Å². The van der Waals surface area contributed by atoms with Crippen LogP contribution in [0.2, 0.25) is 0 Å². The average molecular weight is 526 g/mol. The zero-order valence-electron chi connectivity index (χ0n) is 19.3. The number of para-hydroxylation sites is 1. The molecule has 2 aliphatic heterocycles. The Balaban J connectivity index is 0.000000402. The molecule has 37 heavy (non-hydrogen) atoms. The second kappa shape index (κ2) is 12.3. The Morgan fingerprint density at radius 1 is 0.865 bits per heavy atom. The minimum absolute atomic E-state index is 0.522. The fraction of sp³-hybridized carbons (Fsp3) is 0.368. The summed E-state index contributed by atoms with van der Waals surface area (Å²) in [6.07, 6.45) is -0.734. The van der Waals surface area contributed by atoms with Crippen LogP contribution in [0.5, 0.6) is 5.75 Å². The molecule has 2 fully saturated rings. The molecule has 0 radical (unpaired) electrons. The van der Waals surface area contributed by atoms with Gasteiger partial charge in [-0.15, -0.1) is 0 Å². The summed E-state index contributed by atoms with van der Waals surface area (Å²) in [5, 5.41) is 43.2. The summed E-state index contributed by atoms with van der Waals surface area (Å²) < 4.78 is 4.97. The maximum absolute atomic E-state index is 11.8. The average Bonchev–Trinajstić information content (AvgIpc) is 3.27. The largest absolute Gasteiger partial charge is 0.465 e. The van der Waals surface area contributed by atoms with E-state index in [1.165, 1.54) is 0 Å². The Kier molecular flexibility index (Phi) is 9.52. The van der Waals surface area contributed by atoms with Crippen LogP contribution in [0.1, 0.15) is 6.92 Å². The van der Waals surface area contributed by atoms with E-state index in [0.717, 1.165) is 0 Å². The van der Waals surface area contributed by atoms with Gasteiger partial charge in [0.05, 0.1) is 19.9 Å². The van der Waals surface area contributed by atoms with Crippen LogP contribution in [0.25, 0.3) is 0 Å². The molecule has 2 heterocycles. The maximum atomic E-state index is 11.8. The van der Waals surface area contributed by atoms with E-state index in [0.29, 0.717) is 5.75 Å². The number of imide groups is 2. The quantitative estimate of drug-likeness (QED) is 0.115. The smallest absolute Gasteiger partial charge is 0.323 e. The number of carbonyl (C=O) groups is 6. The Labute approximate surface area is 208 Å². The Hall–Kier alpha value is -4.68. The Bertz CT molecular complexity index is 981. The van der Waals surface area contributed by atoms with Crippen molar-refractivity contribution in [3.8, 4) is 5.75 Å². The monoisotopic (exact) mass is 526 g/mol. The first-order valence-corrected chi connectivity index (χ1v) is 10.5. The van der Waals surface area contributed by atoms with Crippen molar-refractivity contribution in [2.24, 2.45) is 0 Å². The van der Waals surface area contributed by atoms with E-state index in [9.17, 15) is 39.0 Å². The number of urea groups is 4. The minimum Gasteiger partial charge on any atom is -0.465 e. The number of aliphatic hydroxyl groups excluding tert-OH is 3. The van der Waals surface area contributed by atoms with Crippen LogP contribution in [0.4, 0.5) is 19.2 Å². The van der Waals surface area contributed by atoms with Crippen LogP contribution in [0, 0.1) is 0 Å². The summed E-state index contributed by atoms with van der Waals surface area (Å²) in [6, 6.07) is 5.30. The van der Waals surface area contributed by atoms with Gasteiger partial charge in [0.2, 0.25) is 11.3 Å². The SMILES string of the molecule is CC(O)Oc1ccccc1.O=C(NCNC(=O)NC1(CO)NC(=O)NC1=O)NC1(CO)NC(=O)NC1=O. The number of amides is 10. The molecule has 0 aromatic heterocycles. The minimum atomic E-state index is -2.06. The molecule has 0 aliphatic carbocycles. The van der Waals surface area contributed by atoms with E-state index in [2.05, 4.69) is 10.6 Å². The molecule has 0 bridgehead atoms. The highest BCUT2D eigenvalue weighted by molar-refractivity contribution is 6.09. The van der Waals surface area contributed by atoms with Crippen molar-refractivity contribution in [1.82, 2.24) is 42.5 Å². The van der Waals surface area contributed by atoms with Gasteiger partial charge in [-0.25, -0.2) is 19.2 Å². The fourth-order valence-corrected chi connectivity index (χ4v) is 2.84. The highest BCUT2D eigenvalue weighted by atomic mass is 16.6. The molecule has 0 saturated carbocycles. The highest BCUT2D eigenvalue weighted by Crippen LogP contribution is 2.09. The second-order valence-corrected chi connectivity index (χ2v) is 7.41. The van der Waals surface area contributed by atoms with Gasteiger partial charge in [0.15, 0.2) is 6.29 Å². The van der Waals surface area contributed by atoms with Crippen molar-refractivity contribution in [3.63, 3.8) is 0 Å². The number of ether oxygens (including phenoxy) is 1. The van der Waals surface area contributed by atoms with Gasteiger partial charge in [-0.05, 0) is 19.1 Å². The molecule has 11 N–H and O–H groups in total. The molecule has 18 nitrogen and oxygen atoms in total. The Morgan fingerprint density at radius 3 is 1.62 bits per heavy atom. The van der Waals surface area contributed by atoms with E-state index in [1.807, 2.05) is 50.1 Å². The molecule has 2 saturated heterocycles. The van der Waals surface area contributed by atoms with Crippen LogP contribution >= 0.6 is 0 Å². The molecular weight excluding hydrogens is 500 g/mol. The third-order valence-corrected chi connectivity index (χ3v) is 4.56. The molecule has 3 atom stereocenters. The number of benzene rings is 1. The first kappa shape index (κ1) is 28.6. The van der Waals surface area contributed by atoms with Crippen molar-refractivity contribution >= 4 is 35.9 Å². The van der Waals surface area contributed by atoms with E-state index < -0.39 is 73.4 Å². The van der Waals surface area contributed by atoms with Gasteiger partial charge in [-0.3, -0.25) is 20.2 Å². The molecule has 0 spiro atoms. The molecule has 2 aliphatic rings. The predicted molar refractivity (Wildman–Crippen MR) is 120 cm³/mol. The molecular formula is C19H26N8O10. The highest BCUT2D eigenvalue weighted by Gasteiger charge is 2.48. The number of hydrogen-bond donors (Lipinski definition) is 11. The fourth-order valence-electron chi connectivity index (χ4n) is 2.84. The van der Waals surface area contributed by atoms with Crippen molar-refractivity contribution in [1.29, 1.82) is 0 Å². The predicted octanol–water partition coefficient (Wildman–Crippen LogP) is -4.00. The lowest BCUT2D eigenvalue weighted by Gasteiger charge is -2.26. The number of aliphatic hydroxyl groups is 3. The summed E-state index contributed by atoms with van der Waals surface area (Å²) in [4.78, 5) is 68.9. The lowest BCUT2D eigenvalue weighted by molar-refractivity contribution is -0.126. The number of carbonyl (C=O) groups excluding carboxylic acids is 6. The van der Waals surface area contributed by atoms with Crippen molar-refractivity contribution < 1.29 is 48.8 Å². The summed E-state index contributed by atoms with van der Waals surface area (Å²) in [5.74, 6) is -1.27. The molecule has 18 heteroatoms. The summed E-state index contributed by atoms with van der Waals surface area (Å²) >= 11 is 0. The normalized spacial score (nSPS) is 22.7. The number of nitrogens with one attached hydrogen (secondary N) is 8. The maximum Gasteiger partial charge on any atom is 0.323 e. The van der Waals surface area contributed by atoms with Crippen LogP contribution < -0.4 is 47.3 Å². The second-order valence-electron chi connectivity index (χ2n) is 7.41. The lowest BCUT2D eigenvalue weighted by atomic mass is 10.2. The first-order valence-electron chi connectivity index (χ1n) is 10.5. The van der Waals surface area contributed by atoms with Gasteiger partial charge in [0.1, 0.15) is 5.75 Å². The number of hydrogen-bond acceptors (Lipinski definition) is 10. The zero-order valence-corrected chi connectivity index (χ0v) is 19.3. The summed E-state index contributed by atoms with van der Waals surface area (Å²) in [5.41, 5.74) is -4.12. The third-order valence-electron chi connectivity index (χ3n) is 4.56. The van der Waals surface area contributed by atoms with Gasteiger partial charge in [-0.2, -0.15) is 0 Å². The van der Waals surface area contributed by atoms with Crippen LogP contribution in [-0.2, 0) is 9.59 Å². The van der Waals surface area contributed by atoms with Gasteiger partial charge in [-0.1, -0.05) is 18.2 Å². The molecule has 10 amide bonds. The summed E-state index contributed by atoms with van der Waals surface area (Å²) in [6.45, 7) is -0.807. The van der Waals surface area contributed by atoms with Crippen LogP contribution in [0.3, 0.4) is 0 Å². The zero-order chi connectivity index (χ0) is 27.6. The van der Waals surface area contributed by atoms with E-state index >= 15 is 0 Å². The van der Waals surface area contributed by atoms with Gasteiger partial charge in [0.25, 0.3) is 11.8 Å². The van der Waals surface area contributed by atoms with Crippen LogP contribution in [-0.4, -0.2) is 88.8 Å². The summed E-state index contributed by atoms with van der Waals surface area (Å²) in [7, 11) is 0. The van der Waals surface area contributed by atoms with Crippen molar-refractivity contribution in [2.45, 2.75) is 24.5 Å². The van der Waals surface area contributed by atoms with Gasteiger partial charge < -0.3 is 52.0 Å². The lowest BCUT2D eigenvalue weighted by Crippen LogP contribution is -2.66. The van der Waals surface area contributed by atoms with Crippen molar-refractivity contribution in [3.05, 3.63) is 30.3 Å². The van der Waals surface area contributed by atoms with E-state index in [4.69, 9.17) is 9.84 Å².